The number of benzene rings is 2. The van der Waals surface area contributed by atoms with E-state index in [9.17, 15) is 14.0 Å². The number of Topliss-reactive ketones (excluding diaryl/α,β-unsaturated/α-hetero) is 1. The first-order valence-electron chi connectivity index (χ1n) is 11.0. The highest BCUT2D eigenvalue weighted by Gasteiger charge is 2.68. The smallest absolute Gasteiger partial charge is 0.258 e. The molecular weight excluding hydrogens is 447 g/mol. The molecule has 0 aromatic heterocycles. The zero-order valence-electron chi connectivity index (χ0n) is 18.8. The van der Waals surface area contributed by atoms with Gasteiger partial charge in [0.05, 0.1) is 10.6 Å². The van der Waals surface area contributed by atoms with Crippen LogP contribution < -0.4 is 14.8 Å². The van der Waals surface area contributed by atoms with Crippen molar-refractivity contribution in [3.05, 3.63) is 58.9 Å². The zero-order chi connectivity index (χ0) is 23.6. The van der Waals surface area contributed by atoms with Gasteiger partial charge in [0.15, 0.2) is 12.4 Å². The summed E-state index contributed by atoms with van der Waals surface area (Å²) in [4.78, 5) is 27.3. The van der Waals surface area contributed by atoms with Crippen LogP contribution in [0.4, 0.5) is 4.39 Å². The average molecular weight is 475 g/mol. The molecule has 3 aliphatic carbocycles. The zero-order valence-corrected chi connectivity index (χ0v) is 19.6. The Morgan fingerprint density at radius 2 is 1.85 bits per heavy atom. The van der Waals surface area contributed by atoms with E-state index in [1.54, 1.807) is 0 Å². The summed E-state index contributed by atoms with van der Waals surface area (Å²) in [5, 5.41) is 3.02. The van der Waals surface area contributed by atoms with Crippen LogP contribution in [0.3, 0.4) is 0 Å². The molecule has 2 bridgehead atoms. The van der Waals surface area contributed by atoms with Gasteiger partial charge in [-0.1, -0.05) is 23.7 Å². The summed E-state index contributed by atoms with van der Waals surface area (Å²) >= 11 is 5.65. The van der Waals surface area contributed by atoms with Crippen LogP contribution in [0.2, 0.25) is 5.02 Å². The molecule has 0 aliphatic heterocycles. The third-order valence-electron chi connectivity index (χ3n) is 6.32. The quantitative estimate of drug-likeness (QED) is 0.496. The van der Waals surface area contributed by atoms with Crippen LogP contribution in [0.25, 0.3) is 0 Å². The first-order valence-corrected chi connectivity index (χ1v) is 11.4. The Hall–Kier alpha value is -2.64. The number of carbonyl (C=O) groups is 2. The summed E-state index contributed by atoms with van der Waals surface area (Å²) in [6, 6.07) is 11.4. The van der Waals surface area contributed by atoms with Gasteiger partial charge in [-0.05, 0) is 63.0 Å². The van der Waals surface area contributed by atoms with E-state index in [4.69, 9.17) is 21.1 Å². The highest BCUT2D eigenvalue weighted by Crippen LogP contribution is 2.69. The number of hydrogen-bond acceptors (Lipinski definition) is 5. The number of nitrogens with zero attached hydrogens (tertiary/aromatic N) is 1. The Morgan fingerprint density at radius 3 is 2.55 bits per heavy atom. The van der Waals surface area contributed by atoms with Crippen molar-refractivity contribution in [1.82, 2.24) is 10.2 Å². The lowest BCUT2D eigenvalue weighted by molar-refractivity contribution is -0.164. The lowest BCUT2D eigenvalue weighted by Crippen LogP contribution is -2.75. The maximum Gasteiger partial charge on any atom is 0.258 e. The van der Waals surface area contributed by atoms with E-state index in [0.29, 0.717) is 24.3 Å². The number of carbonyl (C=O) groups excluding carboxylic acids is 2. The number of amides is 1. The Labute approximate surface area is 198 Å². The van der Waals surface area contributed by atoms with Gasteiger partial charge in [-0.3, -0.25) is 9.59 Å². The minimum Gasteiger partial charge on any atom is -0.491 e. The molecule has 0 heterocycles. The average Bonchev–Trinajstić information content (AvgIpc) is 2.72. The van der Waals surface area contributed by atoms with Crippen molar-refractivity contribution in [2.45, 2.75) is 31.2 Å². The van der Waals surface area contributed by atoms with Crippen LogP contribution in [0.5, 0.6) is 11.5 Å². The Morgan fingerprint density at radius 1 is 1.12 bits per heavy atom. The third-order valence-corrected chi connectivity index (χ3v) is 6.63. The van der Waals surface area contributed by atoms with Crippen molar-refractivity contribution < 1.29 is 23.5 Å². The number of nitrogens with one attached hydrogen (secondary N) is 1. The molecule has 0 saturated heterocycles. The second kappa shape index (κ2) is 9.31. The number of hydrogen-bond donors (Lipinski definition) is 1. The molecule has 1 amide bonds. The number of halogens is 2. The third kappa shape index (κ3) is 5.31. The SMILES string of the molecule is CN(C)CCOc1ccccc1C(=O)CC12CC(NC(=O)COc3ccc(Cl)c(F)c3)(C1)C2. The highest BCUT2D eigenvalue weighted by molar-refractivity contribution is 6.30. The van der Waals surface area contributed by atoms with Crippen LogP contribution in [0.15, 0.2) is 42.5 Å². The predicted molar refractivity (Wildman–Crippen MR) is 124 cm³/mol. The molecule has 1 N–H and O–H groups in total. The van der Waals surface area contributed by atoms with Crippen LogP contribution in [0, 0.1) is 11.2 Å². The lowest BCUT2D eigenvalue weighted by Gasteiger charge is -2.70. The molecule has 2 aromatic carbocycles. The van der Waals surface area contributed by atoms with Crippen molar-refractivity contribution in [3.8, 4) is 11.5 Å². The number of para-hydroxylation sites is 1. The minimum atomic E-state index is -0.592. The molecule has 3 aliphatic rings. The van der Waals surface area contributed by atoms with Gasteiger partial charge in [0.2, 0.25) is 0 Å². The van der Waals surface area contributed by atoms with E-state index < -0.39 is 5.82 Å². The first kappa shape index (κ1) is 23.5. The first-order chi connectivity index (χ1) is 15.7. The van der Waals surface area contributed by atoms with Crippen LogP contribution in [-0.4, -0.2) is 56.0 Å². The molecular formula is C25H28ClFN2O4. The standard InChI is InChI=1S/C25H28ClFN2O4/c1-29(2)9-10-32-22-6-4-3-5-18(22)21(30)12-24-14-25(15-24,16-24)28-23(31)13-33-17-7-8-19(26)20(27)11-17/h3-8,11H,9-10,12-16H2,1-2H3,(H,28,31). The fraction of sp³-hybridized carbons (Fsp3) is 0.440. The van der Waals surface area contributed by atoms with Gasteiger partial charge in [-0.2, -0.15) is 0 Å². The van der Waals surface area contributed by atoms with E-state index in [1.807, 2.05) is 43.3 Å². The topological polar surface area (TPSA) is 67.9 Å². The minimum absolute atomic E-state index is 0.00302. The van der Waals surface area contributed by atoms with Crippen molar-refractivity contribution >= 4 is 23.3 Å². The van der Waals surface area contributed by atoms with Gasteiger partial charge in [0.1, 0.15) is 23.9 Å². The maximum absolute atomic E-state index is 13.5. The van der Waals surface area contributed by atoms with E-state index >= 15 is 0 Å². The van der Waals surface area contributed by atoms with Crippen molar-refractivity contribution in [3.63, 3.8) is 0 Å². The van der Waals surface area contributed by atoms with Gasteiger partial charge < -0.3 is 19.7 Å². The van der Waals surface area contributed by atoms with Gasteiger partial charge >= 0.3 is 0 Å². The molecule has 0 atom stereocenters. The monoisotopic (exact) mass is 474 g/mol. The summed E-state index contributed by atoms with van der Waals surface area (Å²) in [5.74, 6) is 0.0889. The number of ketones is 1. The molecule has 2 aromatic rings. The molecule has 0 radical (unpaired) electrons. The van der Waals surface area contributed by atoms with Crippen molar-refractivity contribution in [2.75, 3.05) is 33.9 Å². The number of likely N-dealkylation sites (N-methyl/N-ethyl adjacent to an activating group) is 1. The lowest BCUT2D eigenvalue weighted by atomic mass is 9.38. The van der Waals surface area contributed by atoms with Gasteiger partial charge in [0.25, 0.3) is 5.91 Å². The highest BCUT2D eigenvalue weighted by atomic mass is 35.5. The summed E-state index contributed by atoms with van der Waals surface area (Å²) < 4.78 is 24.7. The van der Waals surface area contributed by atoms with E-state index in [0.717, 1.165) is 31.9 Å². The van der Waals surface area contributed by atoms with Crippen molar-refractivity contribution in [1.29, 1.82) is 0 Å². The Kier molecular flexibility index (Phi) is 6.64. The summed E-state index contributed by atoms with van der Waals surface area (Å²) in [7, 11) is 3.95. The van der Waals surface area contributed by atoms with Gasteiger partial charge in [-0.15, -0.1) is 0 Å². The van der Waals surface area contributed by atoms with E-state index in [-0.39, 0.29) is 40.0 Å². The van der Waals surface area contributed by atoms with E-state index in [2.05, 4.69) is 5.32 Å². The molecule has 3 fully saturated rings. The predicted octanol–water partition coefficient (Wildman–Crippen LogP) is 4.11. The number of rotatable bonds is 11. The molecule has 0 spiro atoms. The largest absolute Gasteiger partial charge is 0.491 e. The second-order valence-corrected chi connectivity index (χ2v) is 9.88. The molecule has 8 heteroatoms. The summed E-state index contributed by atoms with van der Waals surface area (Å²) in [5.41, 5.74) is 0.303. The maximum atomic E-state index is 13.5. The fourth-order valence-electron chi connectivity index (χ4n) is 4.96. The Balaban J connectivity index is 1.24. The van der Waals surface area contributed by atoms with Crippen molar-refractivity contribution in [2.24, 2.45) is 5.41 Å². The van der Waals surface area contributed by atoms with Crippen LogP contribution >= 0.6 is 11.6 Å². The molecule has 33 heavy (non-hydrogen) atoms. The molecule has 176 valence electrons. The number of ether oxygens (including phenoxy) is 2. The molecule has 5 rings (SSSR count). The van der Waals surface area contributed by atoms with Crippen LogP contribution in [0.1, 0.15) is 36.0 Å². The van der Waals surface area contributed by atoms with Crippen LogP contribution in [-0.2, 0) is 4.79 Å². The summed E-state index contributed by atoms with van der Waals surface area (Å²) in [6.45, 7) is 1.08. The normalized spacial score (nSPS) is 22.8. The Bertz CT molecular complexity index is 1040. The van der Waals surface area contributed by atoms with Gasteiger partial charge in [-0.25, -0.2) is 4.39 Å². The second-order valence-electron chi connectivity index (χ2n) is 9.47. The molecule has 0 unspecified atom stereocenters. The summed E-state index contributed by atoms with van der Waals surface area (Å²) in [6.07, 6.45) is 2.77. The molecule has 3 saturated carbocycles. The van der Waals surface area contributed by atoms with E-state index in [1.165, 1.54) is 12.1 Å². The fourth-order valence-corrected chi connectivity index (χ4v) is 5.08. The van der Waals surface area contributed by atoms with Gasteiger partial charge in [0, 0.05) is 24.6 Å². The molecule has 6 nitrogen and oxygen atoms in total.